The van der Waals surface area contributed by atoms with E-state index in [1.165, 1.54) is 0 Å². The van der Waals surface area contributed by atoms with Crippen molar-refractivity contribution >= 4 is 39.6 Å². The standard InChI is InChI=1S/C38H26N5.HI/c1-43-22-8-13-27(24-43)38-34-20-18-32(41-34)36(25-9-4-2-5-10-25)30-16-14-28(39-30)23-29-15-17-31(40-29)37(26-11-6-3-7-12-26)33-19-21-35(38)42-33;/h2-24H,1H3;1H/q+1;/p-1. The number of nitrogens with zero attached hydrogens (tertiary/aromatic N) is 5. The summed E-state index contributed by atoms with van der Waals surface area (Å²) in [6.45, 7) is 0. The quantitative estimate of drug-likeness (QED) is 0.297. The van der Waals surface area contributed by atoms with Crippen molar-refractivity contribution in [3.63, 3.8) is 0 Å². The van der Waals surface area contributed by atoms with Crippen LogP contribution in [-0.4, -0.2) is 22.8 Å². The number of halogens is 1. The summed E-state index contributed by atoms with van der Waals surface area (Å²) in [7, 11) is 2.03. The number of hydrogen-bond acceptors (Lipinski definition) is 4. The smallest absolute Gasteiger partial charge is 0.176 e. The van der Waals surface area contributed by atoms with E-state index < -0.39 is 0 Å². The number of hydrogen-bond donors (Lipinski definition) is 0. The maximum Gasteiger partial charge on any atom is 0.176 e. The Hall–Kier alpha value is -5.08. The highest BCUT2D eigenvalue weighted by atomic mass is 127. The molecule has 8 bridgehead atoms. The van der Waals surface area contributed by atoms with Crippen LogP contribution in [0.15, 0.2) is 183 Å². The third-order valence-corrected chi connectivity index (χ3v) is 7.79. The van der Waals surface area contributed by atoms with Gasteiger partial charge in [-0.3, -0.25) is 0 Å². The molecular weight excluding hydrogens is 653 g/mol. The highest BCUT2D eigenvalue weighted by Crippen LogP contribution is 2.36. The molecule has 3 aromatic rings. The highest BCUT2D eigenvalue weighted by molar-refractivity contribution is 6.37. The molecule has 5 aliphatic rings. The minimum absolute atomic E-state index is 0. The first-order valence-corrected chi connectivity index (χ1v) is 14.3. The van der Waals surface area contributed by atoms with Crippen LogP contribution in [-0.2, 0) is 7.05 Å². The fraction of sp³-hybridized carbons (Fsp3) is 0.0263. The lowest BCUT2D eigenvalue weighted by Crippen LogP contribution is -3.00. The van der Waals surface area contributed by atoms with Crippen molar-refractivity contribution in [2.45, 2.75) is 0 Å². The van der Waals surface area contributed by atoms with Gasteiger partial charge in [-0.15, -0.1) is 0 Å². The lowest BCUT2D eigenvalue weighted by molar-refractivity contribution is -0.671. The fourth-order valence-corrected chi connectivity index (χ4v) is 5.85. The summed E-state index contributed by atoms with van der Waals surface area (Å²) in [6.07, 6.45) is 22.8. The van der Waals surface area contributed by atoms with Crippen molar-refractivity contribution in [3.05, 3.63) is 179 Å². The number of fused-ring (bicyclic) bond motifs is 4. The molecule has 0 saturated heterocycles. The Labute approximate surface area is 273 Å². The second-order valence-corrected chi connectivity index (χ2v) is 10.7. The third-order valence-electron chi connectivity index (χ3n) is 7.79. The predicted octanol–water partition coefficient (Wildman–Crippen LogP) is 3.99. The number of aromatic nitrogens is 1. The van der Waals surface area contributed by atoms with Crippen LogP contribution >= 0.6 is 0 Å². The molecule has 2 aromatic carbocycles. The zero-order chi connectivity index (χ0) is 28.8. The Morgan fingerprint density at radius 1 is 0.477 bits per heavy atom. The molecule has 0 amide bonds. The second-order valence-electron chi connectivity index (χ2n) is 10.7. The molecular formula is C38H26IN5. The Morgan fingerprint density at radius 2 is 0.977 bits per heavy atom. The maximum absolute atomic E-state index is 5.25. The molecule has 6 heteroatoms. The SMILES string of the molecule is C[n+]1cccc(C2=C3C=CC(=N3)C(c3ccccc3)=C3C=CC(=N3)C=C3C=CC(=N3)C(c3ccccc3)=C3C=CC2=N3)c1.[I-]. The lowest BCUT2D eigenvalue weighted by Gasteiger charge is -2.11. The summed E-state index contributed by atoms with van der Waals surface area (Å²) in [4.78, 5) is 20.6. The summed E-state index contributed by atoms with van der Waals surface area (Å²) < 4.78 is 2.05. The highest BCUT2D eigenvalue weighted by Gasteiger charge is 2.26. The van der Waals surface area contributed by atoms with E-state index in [9.17, 15) is 0 Å². The van der Waals surface area contributed by atoms with Gasteiger partial charge in [0.05, 0.1) is 51.2 Å². The van der Waals surface area contributed by atoms with Gasteiger partial charge < -0.3 is 24.0 Å². The van der Waals surface area contributed by atoms with Crippen LogP contribution in [0.2, 0.25) is 0 Å². The predicted molar refractivity (Wildman–Crippen MR) is 176 cm³/mol. The van der Waals surface area contributed by atoms with Gasteiger partial charge in [-0.05, 0) is 71.9 Å². The van der Waals surface area contributed by atoms with Crippen LogP contribution < -0.4 is 28.5 Å². The summed E-state index contributed by atoms with van der Waals surface area (Å²) in [5.41, 5.74) is 13.0. The van der Waals surface area contributed by atoms with E-state index in [-0.39, 0.29) is 24.0 Å². The van der Waals surface area contributed by atoms with Crippen LogP contribution in [0.25, 0.3) is 16.7 Å². The van der Waals surface area contributed by atoms with Crippen molar-refractivity contribution in [3.8, 4) is 0 Å². The molecule has 0 fully saturated rings. The van der Waals surface area contributed by atoms with E-state index in [0.29, 0.717) is 0 Å². The van der Waals surface area contributed by atoms with Crippen molar-refractivity contribution in [2.24, 2.45) is 27.0 Å². The van der Waals surface area contributed by atoms with Crippen LogP contribution in [0, 0.1) is 0 Å². The van der Waals surface area contributed by atoms with E-state index in [4.69, 9.17) is 20.0 Å². The van der Waals surface area contributed by atoms with E-state index in [1.807, 2.05) is 67.9 Å². The number of allylic oxidation sites excluding steroid dienone is 12. The monoisotopic (exact) mass is 679 g/mol. The average Bonchev–Trinajstić information content (AvgIpc) is 3.85. The van der Waals surface area contributed by atoms with Crippen LogP contribution in [0.3, 0.4) is 0 Å². The van der Waals surface area contributed by atoms with Crippen LogP contribution in [0.1, 0.15) is 16.7 Å². The molecule has 5 aliphatic heterocycles. The Morgan fingerprint density at radius 3 is 1.59 bits per heavy atom. The lowest BCUT2D eigenvalue weighted by atomic mass is 9.99. The number of aryl methyl sites for hydroxylation is 1. The van der Waals surface area contributed by atoms with Gasteiger partial charge in [-0.1, -0.05) is 60.7 Å². The molecule has 44 heavy (non-hydrogen) atoms. The van der Waals surface area contributed by atoms with Crippen LogP contribution in [0.4, 0.5) is 0 Å². The van der Waals surface area contributed by atoms with Gasteiger partial charge >= 0.3 is 0 Å². The van der Waals surface area contributed by atoms with Gasteiger partial charge in [0, 0.05) is 22.8 Å². The molecule has 210 valence electrons. The Bertz CT molecular complexity index is 2060. The second kappa shape index (κ2) is 11.5. The van der Waals surface area contributed by atoms with Crippen molar-refractivity contribution in [1.29, 1.82) is 0 Å². The van der Waals surface area contributed by atoms with E-state index in [0.717, 1.165) is 79.0 Å². The topological polar surface area (TPSA) is 53.3 Å². The van der Waals surface area contributed by atoms with Crippen molar-refractivity contribution < 1.29 is 28.5 Å². The zero-order valence-electron chi connectivity index (χ0n) is 23.9. The van der Waals surface area contributed by atoms with Crippen molar-refractivity contribution in [2.75, 3.05) is 0 Å². The minimum Gasteiger partial charge on any atom is -1.00 e. The fourth-order valence-electron chi connectivity index (χ4n) is 5.85. The number of pyridine rings is 1. The summed E-state index contributed by atoms with van der Waals surface area (Å²) in [6, 6.07) is 24.9. The van der Waals surface area contributed by atoms with Gasteiger partial charge in [0.2, 0.25) is 0 Å². The minimum atomic E-state index is 0. The molecule has 1 aromatic heterocycles. The molecule has 0 N–H and O–H groups in total. The van der Waals surface area contributed by atoms with Gasteiger partial charge in [0.15, 0.2) is 12.4 Å². The van der Waals surface area contributed by atoms with E-state index in [2.05, 4.69) is 83.6 Å². The van der Waals surface area contributed by atoms with Gasteiger partial charge in [-0.25, -0.2) is 24.5 Å². The summed E-state index contributed by atoms with van der Waals surface area (Å²) in [5.74, 6) is 0. The van der Waals surface area contributed by atoms with Gasteiger partial charge in [-0.2, -0.15) is 0 Å². The average molecular weight is 680 g/mol. The summed E-state index contributed by atoms with van der Waals surface area (Å²) >= 11 is 0. The molecule has 6 heterocycles. The Balaban J connectivity index is 0.00000312. The number of rotatable bonds is 3. The first-order valence-electron chi connectivity index (χ1n) is 14.3. The van der Waals surface area contributed by atoms with Gasteiger partial charge in [0.25, 0.3) is 0 Å². The first kappa shape index (κ1) is 27.7. The molecule has 0 spiro atoms. The maximum atomic E-state index is 5.25. The Kier molecular flexibility index (Phi) is 7.28. The van der Waals surface area contributed by atoms with Crippen LogP contribution in [0.5, 0.6) is 0 Å². The first-order chi connectivity index (χ1) is 21.2. The van der Waals surface area contributed by atoms with E-state index >= 15 is 0 Å². The largest absolute Gasteiger partial charge is 1.00 e. The molecule has 0 radical (unpaired) electrons. The van der Waals surface area contributed by atoms with Gasteiger partial charge in [0.1, 0.15) is 7.05 Å². The molecule has 8 rings (SSSR count). The zero-order valence-corrected chi connectivity index (χ0v) is 26.1. The molecule has 0 aliphatic carbocycles. The van der Waals surface area contributed by atoms with Crippen molar-refractivity contribution in [1.82, 2.24) is 0 Å². The summed E-state index contributed by atoms with van der Waals surface area (Å²) in [5, 5.41) is 0. The molecule has 0 unspecified atom stereocenters. The number of aliphatic imine (C=N–C) groups is 4. The normalized spacial score (nSPS) is 18.0. The van der Waals surface area contributed by atoms with E-state index in [1.54, 1.807) is 0 Å². The molecule has 0 saturated carbocycles. The molecule has 0 atom stereocenters. The number of benzene rings is 2. The molecule has 5 nitrogen and oxygen atoms in total. The third kappa shape index (κ3) is 5.07.